The number of carbonyl (C=O) groups is 2. The lowest BCUT2D eigenvalue weighted by Gasteiger charge is -2.15. The molecule has 1 unspecified atom stereocenters. The SMILES string of the molecule is NC(CC(=O)NCCCC(=O)N1Cc2ccccc2C1)c1ccccc1. The van der Waals surface area contributed by atoms with Gasteiger partial charge in [-0.15, -0.1) is 0 Å². The van der Waals surface area contributed by atoms with E-state index in [2.05, 4.69) is 17.4 Å². The standard InChI is InChI=1S/C21H25N3O2/c22-19(16-7-2-1-3-8-16)13-20(25)23-12-6-11-21(26)24-14-17-9-4-5-10-18(17)15-24/h1-5,7-10,19H,6,11-15,22H2,(H,23,25). The molecule has 0 aliphatic carbocycles. The number of hydrogen-bond acceptors (Lipinski definition) is 3. The molecule has 1 atom stereocenters. The maximum Gasteiger partial charge on any atom is 0.223 e. The van der Waals surface area contributed by atoms with Gasteiger partial charge in [-0.2, -0.15) is 0 Å². The fourth-order valence-corrected chi connectivity index (χ4v) is 3.23. The first-order chi connectivity index (χ1) is 12.6. The van der Waals surface area contributed by atoms with Crippen LogP contribution < -0.4 is 11.1 Å². The van der Waals surface area contributed by atoms with Gasteiger partial charge in [0.15, 0.2) is 0 Å². The summed E-state index contributed by atoms with van der Waals surface area (Å²) in [7, 11) is 0. The minimum atomic E-state index is -0.305. The summed E-state index contributed by atoms with van der Waals surface area (Å²) >= 11 is 0. The van der Waals surface area contributed by atoms with Gasteiger partial charge < -0.3 is 16.0 Å². The van der Waals surface area contributed by atoms with Gasteiger partial charge in [0.2, 0.25) is 11.8 Å². The zero-order chi connectivity index (χ0) is 18.4. The molecule has 3 N–H and O–H groups in total. The molecule has 0 spiro atoms. The number of benzene rings is 2. The largest absolute Gasteiger partial charge is 0.356 e. The van der Waals surface area contributed by atoms with Crippen molar-refractivity contribution in [2.75, 3.05) is 6.54 Å². The Kier molecular flexibility index (Phi) is 6.02. The van der Waals surface area contributed by atoms with E-state index in [0.717, 1.165) is 5.56 Å². The molecule has 1 aliphatic rings. The fraction of sp³-hybridized carbons (Fsp3) is 0.333. The number of nitrogens with one attached hydrogen (secondary N) is 1. The Labute approximate surface area is 154 Å². The van der Waals surface area contributed by atoms with Crippen LogP contribution in [0.2, 0.25) is 0 Å². The first-order valence-corrected chi connectivity index (χ1v) is 9.05. The van der Waals surface area contributed by atoms with E-state index < -0.39 is 0 Å². The molecule has 0 fully saturated rings. The Morgan fingerprint density at radius 3 is 2.27 bits per heavy atom. The minimum absolute atomic E-state index is 0.0811. The molecule has 2 aromatic carbocycles. The second-order valence-corrected chi connectivity index (χ2v) is 6.69. The third kappa shape index (κ3) is 4.70. The van der Waals surface area contributed by atoms with Crippen LogP contribution in [0.25, 0.3) is 0 Å². The van der Waals surface area contributed by atoms with Gasteiger partial charge in [0, 0.05) is 38.5 Å². The highest BCUT2D eigenvalue weighted by Gasteiger charge is 2.22. The highest BCUT2D eigenvalue weighted by Crippen LogP contribution is 2.22. The lowest BCUT2D eigenvalue weighted by atomic mass is 10.0. The van der Waals surface area contributed by atoms with Crippen LogP contribution >= 0.6 is 0 Å². The molecule has 26 heavy (non-hydrogen) atoms. The molecule has 5 nitrogen and oxygen atoms in total. The number of carbonyl (C=O) groups excluding carboxylic acids is 2. The van der Waals surface area contributed by atoms with Crippen LogP contribution in [0.15, 0.2) is 54.6 Å². The van der Waals surface area contributed by atoms with Crippen LogP contribution in [0.1, 0.15) is 42.0 Å². The number of nitrogens with zero attached hydrogens (tertiary/aromatic N) is 1. The number of hydrogen-bond donors (Lipinski definition) is 2. The summed E-state index contributed by atoms with van der Waals surface area (Å²) in [5.74, 6) is 0.0545. The quantitative estimate of drug-likeness (QED) is 0.753. The number of fused-ring (bicyclic) bond motifs is 1. The number of nitrogens with two attached hydrogens (primary N) is 1. The van der Waals surface area contributed by atoms with Crippen LogP contribution in [-0.2, 0) is 22.7 Å². The molecule has 1 heterocycles. The maximum absolute atomic E-state index is 12.3. The Balaban J connectivity index is 1.34. The Hall–Kier alpha value is -2.66. The molecule has 5 heteroatoms. The van der Waals surface area contributed by atoms with Crippen molar-refractivity contribution in [3.63, 3.8) is 0 Å². The number of rotatable bonds is 7. The summed E-state index contributed by atoms with van der Waals surface area (Å²) < 4.78 is 0. The average Bonchev–Trinajstić information content (AvgIpc) is 3.10. The van der Waals surface area contributed by atoms with Crippen LogP contribution in [0.3, 0.4) is 0 Å². The first-order valence-electron chi connectivity index (χ1n) is 9.05. The zero-order valence-corrected chi connectivity index (χ0v) is 14.9. The summed E-state index contributed by atoms with van der Waals surface area (Å²) in [5.41, 5.74) is 9.45. The van der Waals surface area contributed by atoms with Gasteiger partial charge in [-0.3, -0.25) is 9.59 Å². The van der Waals surface area contributed by atoms with Crippen molar-refractivity contribution in [1.82, 2.24) is 10.2 Å². The van der Waals surface area contributed by atoms with E-state index in [9.17, 15) is 9.59 Å². The van der Waals surface area contributed by atoms with E-state index in [4.69, 9.17) is 5.73 Å². The van der Waals surface area contributed by atoms with E-state index in [1.54, 1.807) is 0 Å². The normalized spacial score (nSPS) is 14.0. The Morgan fingerprint density at radius 1 is 1.00 bits per heavy atom. The van der Waals surface area contributed by atoms with Crippen LogP contribution in [0, 0.1) is 0 Å². The van der Waals surface area contributed by atoms with Crippen molar-refractivity contribution in [3.05, 3.63) is 71.3 Å². The number of amides is 2. The highest BCUT2D eigenvalue weighted by molar-refractivity contribution is 5.78. The molecule has 136 valence electrons. The Morgan fingerprint density at radius 2 is 1.62 bits per heavy atom. The van der Waals surface area contributed by atoms with Gasteiger partial charge in [0.05, 0.1) is 0 Å². The molecule has 2 aromatic rings. The van der Waals surface area contributed by atoms with Crippen molar-refractivity contribution < 1.29 is 9.59 Å². The zero-order valence-electron chi connectivity index (χ0n) is 14.9. The van der Waals surface area contributed by atoms with Gasteiger partial charge >= 0.3 is 0 Å². The smallest absolute Gasteiger partial charge is 0.223 e. The van der Waals surface area contributed by atoms with Crippen LogP contribution in [-0.4, -0.2) is 23.3 Å². The van der Waals surface area contributed by atoms with Crippen molar-refractivity contribution in [3.8, 4) is 0 Å². The van der Waals surface area contributed by atoms with Gasteiger partial charge in [0.1, 0.15) is 0 Å². The monoisotopic (exact) mass is 351 g/mol. The van der Waals surface area contributed by atoms with Crippen molar-refractivity contribution in [2.24, 2.45) is 5.73 Å². The van der Waals surface area contributed by atoms with Crippen molar-refractivity contribution >= 4 is 11.8 Å². The molecule has 0 aromatic heterocycles. The van der Waals surface area contributed by atoms with Gasteiger partial charge in [-0.1, -0.05) is 54.6 Å². The molecule has 0 radical (unpaired) electrons. The summed E-state index contributed by atoms with van der Waals surface area (Å²) in [6.07, 6.45) is 1.33. The lowest BCUT2D eigenvalue weighted by molar-refractivity contribution is -0.132. The average molecular weight is 351 g/mol. The van der Waals surface area contributed by atoms with Gasteiger partial charge in [0.25, 0.3) is 0 Å². The van der Waals surface area contributed by atoms with Crippen molar-refractivity contribution in [1.29, 1.82) is 0 Å². The van der Waals surface area contributed by atoms with Crippen LogP contribution in [0.4, 0.5) is 0 Å². The second-order valence-electron chi connectivity index (χ2n) is 6.69. The molecular weight excluding hydrogens is 326 g/mol. The van der Waals surface area contributed by atoms with E-state index in [0.29, 0.717) is 32.5 Å². The lowest BCUT2D eigenvalue weighted by Crippen LogP contribution is -2.30. The van der Waals surface area contributed by atoms with E-state index in [1.165, 1.54) is 11.1 Å². The molecular formula is C21H25N3O2. The summed E-state index contributed by atoms with van der Waals surface area (Å²) in [5, 5.41) is 2.86. The summed E-state index contributed by atoms with van der Waals surface area (Å²) in [4.78, 5) is 26.2. The molecule has 1 aliphatic heterocycles. The van der Waals surface area contributed by atoms with Crippen LogP contribution in [0.5, 0.6) is 0 Å². The predicted molar refractivity (Wildman–Crippen MR) is 101 cm³/mol. The Bertz CT molecular complexity index is 736. The van der Waals surface area contributed by atoms with Crippen molar-refractivity contribution in [2.45, 2.75) is 38.4 Å². The summed E-state index contributed by atoms with van der Waals surface area (Å²) in [6.45, 7) is 1.87. The van der Waals surface area contributed by atoms with E-state index in [1.807, 2.05) is 47.4 Å². The molecule has 2 amide bonds. The third-order valence-electron chi connectivity index (χ3n) is 4.72. The molecule has 3 rings (SSSR count). The third-order valence-corrected chi connectivity index (χ3v) is 4.72. The second kappa shape index (κ2) is 8.63. The maximum atomic E-state index is 12.3. The van der Waals surface area contributed by atoms with Gasteiger partial charge in [-0.05, 0) is 23.1 Å². The minimum Gasteiger partial charge on any atom is -0.356 e. The highest BCUT2D eigenvalue weighted by atomic mass is 16.2. The molecule has 0 bridgehead atoms. The fourth-order valence-electron chi connectivity index (χ4n) is 3.23. The van der Waals surface area contributed by atoms with E-state index in [-0.39, 0.29) is 24.3 Å². The topological polar surface area (TPSA) is 75.4 Å². The van der Waals surface area contributed by atoms with E-state index >= 15 is 0 Å². The predicted octanol–water partition coefficient (Wildman–Crippen LogP) is 2.52. The summed E-state index contributed by atoms with van der Waals surface area (Å²) in [6, 6.07) is 17.4. The molecule has 0 saturated heterocycles. The first kappa shape index (κ1) is 18.1. The molecule has 0 saturated carbocycles. The van der Waals surface area contributed by atoms with Gasteiger partial charge in [-0.25, -0.2) is 0 Å².